The summed E-state index contributed by atoms with van der Waals surface area (Å²) in [5.74, 6) is -1.87. The number of nitrogens with zero attached hydrogens (tertiary/aromatic N) is 2. The normalized spacial score (nSPS) is 25.7. The molecule has 1 aliphatic heterocycles. The van der Waals surface area contributed by atoms with Crippen LogP contribution in [0.3, 0.4) is 0 Å². The number of Topliss-reactive ketones (excluding diaryl/α,β-unsaturated/α-hetero) is 1. The van der Waals surface area contributed by atoms with Gasteiger partial charge in [0.15, 0.2) is 11.3 Å². The van der Waals surface area contributed by atoms with E-state index in [-0.39, 0.29) is 34.6 Å². The lowest BCUT2D eigenvalue weighted by Crippen LogP contribution is -2.43. The zero-order valence-electron chi connectivity index (χ0n) is 14.4. The van der Waals surface area contributed by atoms with Crippen LogP contribution in [0.4, 0.5) is 13.2 Å². The summed E-state index contributed by atoms with van der Waals surface area (Å²) >= 11 is 5.79. The van der Waals surface area contributed by atoms with Crippen molar-refractivity contribution in [2.75, 3.05) is 0 Å². The van der Waals surface area contributed by atoms with Crippen molar-refractivity contribution in [3.63, 3.8) is 0 Å². The minimum atomic E-state index is -2.99. The number of carbonyl (C=O) groups excluding carboxylic acids is 1. The zero-order chi connectivity index (χ0) is 20.1. The third-order valence-corrected chi connectivity index (χ3v) is 5.24. The molecule has 0 bridgehead atoms. The highest BCUT2D eigenvalue weighted by Crippen LogP contribution is 2.56. The summed E-state index contributed by atoms with van der Waals surface area (Å²) in [6, 6.07) is 7.91. The molecule has 1 fully saturated rings. The molecular formula is C19H15ClF3N3O2. The minimum absolute atomic E-state index is 0.137. The first-order valence-corrected chi connectivity index (χ1v) is 8.94. The number of nitrogens with two attached hydrogens (primary N) is 1. The van der Waals surface area contributed by atoms with Gasteiger partial charge in [0.1, 0.15) is 22.8 Å². The number of pyridine rings is 1. The molecule has 0 amide bonds. The summed E-state index contributed by atoms with van der Waals surface area (Å²) < 4.78 is 48.0. The van der Waals surface area contributed by atoms with E-state index in [9.17, 15) is 18.0 Å². The molecule has 28 heavy (non-hydrogen) atoms. The second-order valence-corrected chi connectivity index (χ2v) is 7.22. The Balaban J connectivity index is 1.71. The molecule has 2 aliphatic rings. The Morgan fingerprint density at radius 1 is 1.36 bits per heavy atom. The van der Waals surface area contributed by atoms with Crippen LogP contribution in [-0.4, -0.2) is 29.3 Å². The largest absolute Gasteiger partial charge is 0.462 e. The van der Waals surface area contributed by atoms with Gasteiger partial charge in [0.05, 0.1) is 0 Å². The summed E-state index contributed by atoms with van der Waals surface area (Å²) in [6.45, 7) is 0. The van der Waals surface area contributed by atoms with E-state index in [1.807, 2.05) is 0 Å². The number of hydrogen-bond donors (Lipinski definition) is 1. The van der Waals surface area contributed by atoms with Gasteiger partial charge in [0.2, 0.25) is 0 Å². The van der Waals surface area contributed by atoms with Crippen molar-refractivity contribution in [3.05, 3.63) is 64.2 Å². The fourth-order valence-corrected chi connectivity index (χ4v) is 3.79. The highest BCUT2D eigenvalue weighted by Gasteiger charge is 2.64. The molecule has 1 aliphatic carbocycles. The average Bonchev–Trinajstić information content (AvgIpc) is 3.42. The monoisotopic (exact) mass is 409 g/mol. The number of aromatic nitrogens is 1. The van der Waals surface area contributed by atoms with Gasteiger partial charge in [-0.1, -0.05) is 23.7 Å². The fourth-order valence-electron chi connectivity index (χ4n) is 3.63. The Hall–Kier alpha value is -2.61. The number of alkyl halides is 2. The molecule has 0 unspecified atom stereocenters. The predicted molar refractivity (Wildman–Crippen MR) is 96.0 cm³/mol. The van der Waals surface area contributed by atoms with Gasteiger partial charge in [0.25, 0.3) is 12.4 Å². The van der Waals surface area contributed by atoms with Gasteiger partial charge in [-0.15, -0.1) is 0 Å². The first kappa shape index (κ1) is 18.7. The van der Waals surface area contributed by atoms with Gasteiger partial charge in [-0.2, -0.15) is 0 Å². The van der Waals surface area contributed by atoms with Crippen molar-refractivity contribution >= 4 is 23.4 Å². The average molecular weight is 410 g/mol. The second kappa shape index (κ2) is 6.77. The molecule has 0 saturated heterocycles. The molecule has 1 saturated carbocycles. The number of ether oxygens (including phenoxy) is 1. The lowest BCUT2D eigenvalue weighted by Gasteiger charge is -2.33. The quantitative estimate of drug-likeness (QED) is 0.605. The van der Waals surface area contributed by atoms with E-state index in [2.05, 4.69) is 9.98 Å². The maximum absolute atomic E-state index is 14.6. The third-order valence-electron chi connectivity index (χ3n) is 5.02. The SMILES string of the molecule is NC1=N[C@@](c2cc(CC(=O)c3cccc(Cl)n3)ccc2F)(C(F)F)[C@H]2C[C@H]2O1. The van der Waals surface area contributed by atoms with E-state index >= 15 is 0 Å². The molecule has 0 spiro atoms. The number of hydrogen-bond acceptors (Lipinski definition) is 5. The van der Waals surface area contributed by atoms with Gasteiger partial charge in [0, 0.05) is 17.9 Å². The van der Waals surface area contributed by atoms with E-state index in [4.69, 9.17) is 22.1 Å². The summed E-state index contributed by atoms with van der Waals surface area (Å²) in [7, 11) is 0. The number of ketones is 1. The molecule has 2 aromatic rings. The van der Waals surface area contributed by atoms with Crippen molar-refractivity contribution < 1.29 is 22.7 Å². The second-order valence-electron chi connectivity index (χ2n) is 6.83. The van der Waals surface area contributed by atoms with E-state index in [0.717, 1.165) is 6.07 Å². The molecule has 0 radical (unpaired) electrons. The minimum Gasteiger partial charge on any atom is -0.462 e. The van der Waals surface area contributed by atoms with Crippen LogP contribution in [-0.2, 0) is 16.7 Å². The van der Waals surface area contributed by atoms with Crippen molar-refractivity contribution in [1.29, 1.82) is 0 Å². The molecule has 9 heteroatoms. The number of carbonyl (C=O) groups is 1. The molecule has 1 aromatic carbocycles. The standard InChI is InChI=1S/C19H15ClF3N3O2/c20-16-3-1-2-13(25-16)14(27)7-9-4-5-12(21)10(6-9)19(17(22)23)11-8-15(11)28-18(24)26-19/h1-6,11,15,17H,7-8H2,(H2,24,26)/t11-,15+,19+/m0/s1. The van der Waals surface area contributed by atoms with E-state index in [1.54, 1.807) is 6.07 Å². The maximum Gasteiger partial charge on any atom is 0.283 e. The topological polar surface area (TPSA) is 77.6 Å². The Morgan fingerprint density at radius 2 is 2.14 bits per heavy atom. The van der Waals surface area contributed by atoms with Crippen molar-refractivity contribution in [1.82, 2.24) is 4.98 Å². The maximum atomic E-state index is 14.6. The Morgan fingerprint density at radius 3 is 2.86 bits per heavy atom. The molecule has 1 aromatic heterocycles. The predicted octanol–water partition coefficient (Wildman–Crippen LogP) is 3.49. The Bertz CT molecular complexity index is 985. The molecule has 2 heterocycles. The van der Waals surface area contributed by atoms with Crippen LogP contribution in [0.15, 0.2) is 41.4 Å². The van der Waals surface area contributed by atoms with Crippen LogP contribution < -0.4 is 5.73 Å². The molecule has 146 valence electrons. The lowest BCUT2D eigenvalue weighted by atomic mass is 9.83. The van der Waals surface area contributed by atoms with E-state index in [1.165, 1.54) is 24.3 Å². The first-order chi connectivity index (χ1) is 13.3. The summed E-state index contributed by atoms with van der Waals surface area (Å²) in [6.07, 6.45) is -3.33. The number of halogens is 4. The Labute approximate surface area is 163 Å². The summed E-state index contributed by atoms with van der Waals surface area (Å²) in [5.41, 5.74) is 3.65. The number of rotatable bonds is 5. The highest BCUT2D eigenvalue weighted by molar-refractivity contribution is 6.29. The smallest absolute Gasteiger partial charge is 0.283 e. The van der Waals surface area contributed by atoms with Crippen LogP contribution in [0.5, 0.6) is 0 Å². The first-order valence-electron chi connectivity index (χ1n) is 8.56. The molecule has 5 nitrogen and oxygen atoms in total. The van der Waals surface area contributed by atoms with Crippen LogP contribution in [0.2, 0.25) is 5.15 Å². The van der Waals surface area contributed by atoms with Crippen molar-refractivity contribution in [2.45, 2.75) is 30.9 Å². The summed E-state index contributed by atoms with van der Waals surface area (Å²) in [5, 5.41) is 0.161. The van der Waals surface area contributed by atoms with E-state index < -0.39 is 29.8 Å². The van der Waals surface area contributed by atoms with Crippen LogP contribution in [0.25, 0.3) is 0 Å². The van der Waals surface area contributed by atoms with Crippen LogP contribution in [0.1, 0.15) is 28.0 Å². The molecule has 3 atom stereocenters. The number of amidine groups is 1. The Kier molecular flexibility index (Phi) is 4.53. The zero-order valence-corrected chi connectivity index (χ0v) is 15.2. The number of fused-ring (bicyclic) bond motifs is 1. The van der Waals surface area contributed by atoms with Gasteiger partial charge in [-0.25, -0.2) is 23.1 Å². The fraction of sp³-hybridized carbons (Fsp3) is 0.316. The van der Waals surface area contributed by atoms with Crippen LogP contribution in [0, 0.1) is 11.7 Å². The van der Waals surface area contributed by atoms with Crippen LogP contribution >= 0.6 is 11.6 Å². The lowest BCUT2D eigenvalue weighted by molar-refractivity contribution is 0.0176. The van der Waals surface area contributed by atoms with Gasteiger partial charge >= 0.3 is 0 Å². The van der Waals surface area contributed by atoms with Gasteiger partial charge < -0.3 is 10.5 Å². The third kappa shape index (κ3) is 3.11. The molecule has 2 N–H and O–H groups in total. The highest BCUT2D eigenvalue weighted by atomic mass is 35.5. The molecular weight excluding hydrogens is 395 g/mol. The number of benzene rings is 1. The van der Waals surface area contributed by atoms with Crippen molar-refractivity contribution in [3.8, 4) is 0 Å². The summed E-state index contributed by atoms with van der Waals surface area (Å²) in [4.78, 5) is 20.2. The van der Waals surface area contributed by atoms with E-state index in [0.29, 0.717) is 12.0 Å². The van der Waals surface area contributed by atoms with Gasteiger partial charge in [-0.3, -0.25) is 4.79 Å². The van der Waals surface area contributed by atoms with Gasteiger partial charge in [-0.05, 0) is 36.2 Å². The molecule has 4 rings (SSSR count). The number of aliphatic imine (C=N–C) groups is 1. The van der Waals surface area contributed by atoms with Crippen molar-refractivity contribution in [2.24, 2.45) is 16.6 Å².